The van der Waals surface area contributed by atoms with Gasteiger partial charge in [0.25, 0.3) is 0 Å². The molecule has 0 aliphatic heterocycles. The molecule has 0 heterocycles. The molecule has 4 aliphatic rings. The molecule has 0 amide bonds. The molecule has 1 aromatic rings. The molecule has 4 saturated carbocycles. The number of hydrogen-bond donors (Lipinski definition) is 0. The predicted octanol–water partition coefficient (Wildman–Crippen LogP) is 5.67. The fraction of sp³-hybridized carbons (Fsp3) is 0.684. The van der Waals surface area contributed by atoms with Crippen molar-refractivity contribution in [3.8, 4) is 0 Å². The van der Waals surface area contributed by atoms with Crippen LogP contribution >= 0.6 is 11.8 Å². The molecule has 108 valence electrons. The molecule has 0 unspecified atom stereocenters. The summed E-state index contributed by atoms with van der Waals surface area (Å²) in [6.45, 7) is 6.84. The maximum Gasteiger partial charge on any atom is 0.0215 e. The Kier molecular flexibility index (Phi) is 3.00. The fourth-order valence-corrected chi connectivity index (χ4v) is 7.53. The van der Waals surface area contributed by atoms with Crippen LogP contribution < -0.4 is 0 Å². The Hall–Kier alpha value is -0.430. The highest BCUT2D eigenvalue weighted by molar-refractivity contribution is 8.00. The molecule has 0 aromatic heterocycles. The first-order chi connectivity index (χ1) is 9.53. The van der Waals surface area contributed by atoms with Gasteiger partial charge in [0.05, 0.1) is 0 Å². The van der Waals surface area contributed by atoms with E-state index in [4.69, 9.17) is 0 Å². The minimum Gasteiger partial charge on any atom is -0.119 e. The zero-order valence-electron chi connectivity index (χ0n) is 13.0. The van der Waals surface area contributed by atoms with E-state index in [1.807, 2.05) is 0 Å². The van der Waals surface area contributed by atoms with E-state index in [0.717, 1.165) is 17.8 Å². The molecular formula is C19H26S. The van der Waals surface area contributed by atoms with E-state index in [-0.39, 0.29) is 0 Å². The molecule has 0 saturated heterocycles. The molecule has 5 rings (SSSR count). The lowest BCUT2D eigenvalue weighted by molar-refractivity contribution is 0.0383. The van der Waals surface area contributed by atoms with Crippen LogP contribution in [0, 0.1) is 38.5 Å². The van der Waals surface area contributed by atoms with Crippen LogP contribution in [-0.4, -0.2) is 4.75 Å². The van der Waals surface area contributed by atoms with E-state index in [1.165, 1.54) is 36.0 Å². The molecule has 0 spiro atoms. The molecule has 4 aliphatic carbocycles. The van der Waals surface area contributed by atoms with Gasteiger partial charge in [-0.15, -0.1) is 11.8 Å². The van der Waals surface area contributed by atoms with Gasteiger partial charge in [-0.3, -0.25) is 0 Å². The Balaban J connectivity index is 1.66. The Morgan fingerprint density at radius 2 is 1.30 bits per heavy atom. The first-order valence-corrected chi connectivity index (χ1v) is 9.11. The van der Waals surface area contributed by atoms with Gasteiger partial charge in [0.2, 0.25) is 0 Å². The van der Waals surface area contributed by atoms with Crippen molar-refractivity contribution in [1.29, 1.82) is 0 Å². The first-order valence-electron chi connectivity index (χ1n) is 8.30. The molecule has 0 radical (unpaired) electrons. The van der Waals surface area contributed by atoms with Crippen LogP contribution in [0.25, 0.3) is 0 Å². The third kappa shape index (κ3) is 2.13. The van der Waals surface area contributed by atoms with Crippen molar-refractivity contribution in [3.05, 3.63) is 28.8 Å². The van der Waals surface area contributed by atoms with Gasteiger partial charge in [-0.1, -0.05) is 17.7 Å². The summed E-state index contributed by atoms with van der Waals surface area (Å²) in [5.41, 5.74) is 4.42. The van der Waals surface area contributed by atoms with Gasteiger partial charge in [-0.05, 0) is 88.2 Å². The van der Waals surface area contributed by atoms with Crippen LogP contribution in [0.3, 0.4) is 0 Å². The number of aryl methyl sites for hydroxylation is 3. The van der Waals surface area contributed by atoms with Crippen molar-refractivity contribution in [2.24, 2.45) is 17.8 Å². The van der Waals surface area contributed by atoms with Crippen LogP contribution in [0.1, 0.15) is 55.2 Å². The highest BCUT2D eigenvalue weighted by atomic mass is 32.2. The van der Waals surface area contributed by atoms with Crippen LogP contribution in [-0.2, 0) is 0 Å². The van der Waals surface area contributed by atoms with E-state index < -0.39 is 0 Å². The van der Waals surface area contributed by atoms with Gasteiger partial charge in [0.1, 0.15) is 0 Å². The van der Waals surface area contributed by atoms with E-state index in [9.17, 15) is 0 Å². The third-order valence-electron chi connectivity index (χ3n) is 5.91. The van der Waals surface area contributed by atoms with Crippen molar-refractivity contribution in [2.45, 2.75) is 68.9 Å². The molecular weight excluding hydrogens is 260 g/mol. The first kappa shape index (κ1) is 13.2. The SMILES string of the molecule is Cc1cc(C)c(SC23CC4CC(CC(C4)C2)C3)c(C)c1. The summed E-state index contributed by atoms with van der Waals surface area (Å²) in [5.74, 6) is 3.17. The van der Waals surface area contributed by atoms with E-state index in [2.05, 4.69) is 44.7 Å². The number of thioether (sulfide) groups is 1. The standard InChI is InChI=1S/C19H26S/c1-12-4-13(2)18(14(3)5-12)20-19-9-15-6-16(10-19)8-17(7-15)11-19/h4-5,15-17H,6-11H2,1-3H3. The topological polar surface area (TPSA) is 0 Å². The monoisotopic (exact) mass is 286 g/mol. The van der Waals surface area contributed by atoms with Crippen molar-refractivity contribution >= 4 is 11.8 Å². The maximum atomic E-state index is 2.37. The van der Waals surface area contributed by atoms with Gasteiger partial charge in [-0.25, -0.2) is 0 Å². The van der Waals surface area contributed by atoms with Crippen molar-refractivity contribution in [3.63, 3.8) is 0 Å². The summed E-state index contributed by atoms with van der Waals surface area (Å²) in [6.07, 6.45) is 9.13. The van der Waals surface area contributed by atoms with Gasteiger partial charge < -0.3 is 0 Å². The summed E-state index contributed by atoms with van der Waals surface area (Å²) in [7, 11) is 0. The largest absolute Gasteiger partial charge is 0.119 e. The zero-order chi connectivity index (χ0) is 13.9. The summed E-state index contributed by atoms with van der Waals surface area (Å²) in [5, 5.41) is 0. The van der Waals surface area contributed by atoms with Crippen molar-refractivity contribution in [2.75, 3.05) is 0 Å². The van der Waals surface area contributed by atoms with Crippen LogP contribution in [0.15, 0.2) is 17.0 Å². The molecule has 4 bridgehead atoms. The number of rotatable bonds is 2. The van der Waals surface area contributed by atoms with E-state index in [0.29, 0.717) is 4.75 Å². The van der Waals surface area contributed by atoms with Crippen LogP contribution in [0.5, 0.6) is 0 Å². The van der Waals surface area contributed by atoms with Crippen LogP contribution in [0.4, 0.5) is 0 Å². The van der Waals surface area contributed by atoms with Gasteiger partial charge in [0, 0.05) is 9.64 Å². The predicted molar refractivity (Wildman–Crippen MR) is 87.4 cm³/mol. The van der Waals surface area contributed by atoms with E-state index >= 15 is 0 Å². The zero-order valence-corrected chi connectivity index (χ0v) is 13.9. The molecule has 4 fully saturated rings. The van der Waals surface area contributed by atoms with Crippen molar-refractivity contribution < 1.29 is 0 Å². The third-order valence-corrected chi connectivity index (χ3v) is 7.69. The second-order valence-electron chi connectivity index (χ2n) is 7.93. The van der Waals surface area contributed by atoms with Crippen molar-refractivity contribution in [1.82, 2.24) is 0 Å². The minimum atomic E-state index is 0.597. The summed E-state index contributed by atoms with van der Waals surface area (Å²) >= 11 is 2.26. The van der Waals surface area contributed by atoms with Gasteiger partial charge in [0.15, 0.2) is 0 Å². The molecule has 20 heavy (non-hydrogen) atoms. The molecule has 0 atom stereocenters. The summed E-state index contributed by atoms with van der Waals surface area (Å²) < 4.78 is 0.597. The maximum absolute atomic E-state index is 2.37. The second kappa shape index (κ2) is 4.53. The number of benzene rings is 1. The molecule has 0 N–H and O–H groups in total. The normalized spacial score (nSPS) is 38.5. The van der Waals surface area contributed by atoms with Gasteiger partial charge >= 0.3 is 0 Å². The van der Waals surface area contributed by atoms with E-state index in [1.54, 1.807) is 24.2 Å². The average Bonchev–Trinajstić information content (AvgIpc) is 2.32. The van der Waals surface area contributed by atoms with Crippen LogP contribution in [0.2, 0.25) is 0 Å². The second-order valence-corrected chi connectivity index (χ2v) is 9.41. The summed E-state index contributed by atoms with van der Waals surface area (Å²) in [6, 6.07) is 4.74. The Morgan fingerprint density at radius 3 is 1.75 bits per heavy atom. The molecule has 1 aromatic carbocycles. The Bertz CT molecular complexity index is 484. The highest BCUT2D eigenvalue weighted by Gasteiger charge is 2.51. The fourth-order valence-electron chi connectivity index (χ4n) is 5.70. The average molecular weight is 286 g/mol. The minimum absolute atomic E-state index is 0.597. The van der Waals surface area contributed by atoms with Gasteiger partial charge in [-0.2, -0.15) is 0 Å². The Morgan fingerprint density at radius 1 is 0.850 bits per heavy atom. The lowest BCUT2D eigenvalue weighted by Gasteiger charge is -2.56. The quantitative estimate of drug-likeness (QED) is 0.674. The smallest absolute Gasteiger partial charge is 0.0215 e. The summed E-state index contributed by atoms with van der Waals surface area (Å²) in [4.78, 5) is 1.59. The lowest BCUT2D eigenvalue weighted by atomic mass is 9.56. The highest BCUT2D eigenvalue weighted by Crippen LogP contribution is 2.62. The number of hydrogen-bond acceptors (Lipinski definition) is 1. The lowest BCUT2D eigenvalue weighted by Crippen LogP contribution is -2.48. The molecule has 1 heteroatoms. The molecule has 0 nitrogen and oxygen atoms in total. The Labute approximate surface area is 127 Å².